The third-order valence-electron chi connectivity index (χ3n) is 3.90. The van der Waals surface area contributed by atoms with Gasteiger partial charge in [0, 0.05) is 12.5 Å². The molecular formula is C13H20N2O4. The molecular weight excluding hydrogens is 248 g/mol. The zero-order chi connectivity index (χ0) is 13.8. The summed E-state index contributed by atoms with van der Waals surface area (Å²) >= 11 is 0. The first kappa shape index (κ1) is 13.8. The van der Waals surface area contributed by atoms with E-state index in [-0.39, 0.29) is 24.1 Å². The van der Waals surface area contributed by atoms with E-state index in [0.29, 0.717) is 5.92 Å². The van der Waals surface area contributed by atoms with Crippen molar-refractivity contribution in [2.24, 2.45) is 11.1 Å². The summed E-state index contributed by atoms with van der Waals surface area (Å²) in [4.78, 5) is 27.6. The summed E-state index contributed by atoms with van der Waals surface area (Å²) in [7, 11) is 0. The van der Waals surface area contributed by atoms with E-state index in [1.165, 1.54) is 12.8 Å². The number of hydrogen-bond donors (Lipinski definition) is 2. The number of carbonyl (C=O) groups excluding carboxylic acids is 1. The van der Waals surface area contributed by atoms with E-state index in [2.05, 4.69) is 17.4 Å². The van der Waals surface area contributed by atoms with Gasteiger partial charge in [-0.2, -0.15) is 0 Å². The highest BCUT2D eigenvalue weighted by molar-refractivity contribution is 6.36. The number of hydrogen-bond acceptors (Lipinski definition) is 4. The molecule has 1 heterocycles. The molecule has 0 aromatic rings. The highest BCUT2D eigenvalue weighted by Gasteiger charge is 2.33. The topological polar surface area (TPSA) is 88.0 Å². The Kier molecular flexibility index (Phi) is 4.39. The van der Waals surface area contributed by atoms with Crippen LogP contribution in [0.25, 0.3) is 0 Å². The minimum absolute atomic E-state index is 0.0439. The Morgan fingerprint density at radius 2 is 2.05 bits per heavy atom. The van der Waals surface area contributed by atoms with Crippen molar-refractivity contribution in [3.05, 3.63) is 0 Å². The average Bonchev–Trinajstić information content (AvgIpc) is 2.78. The molecule has 1 saturated carbocycles. The molecule has 0 aromatic carbocycles. The van der Waals surface area contributed by atoms with Crippen LogP contribution in [0.1, 0.15) is 45.4 Å². The molecule has 0 aromatic heterocycles. The molecule has 6 nitrogen and oxygen atoms in total. The van der Waals surface area contributed by atoms with Crippen molar-refractivity contribution in [1.29, 1.82) is 0 Å². The van der Waals surface area contributed by atoms with Gasteiger partial charge in [-0.25, -0.2) is 4.79 Å². The molecule has 19 heavy (non-hydrogen) atoms. The summed E-state index contributed by atoms with van der Waals surface area (Å²) in [5.74, 6) is -0.926. The summed E-state index contributed by atoms with van der Waals surface area (Å²) in [6, 6.07) is 0.160. The van der Waals surface area contributed by atoms with Crippen molar-refractivity contribution in [3.63, 3.8) is 0 Å². The Labute approximate surface area is 112 Å². The van der Waals surface area contributed by atoms with Crippen molar-refractivity contribution in [2.45, 2.75) is 57.6 Å². The van der Waals surface area contributed by atoms with Crippen LogP contribution < -0.4 is 5.32 Å². The molecule has 6 heteroatoms. The lowest BCUT2D eigenvalue weighted by molar-refractivity contribution is -0.132. The van der Waals surface area contributed by atoms with Crippen LogP contribution in [0, 0.1) is 5.92 Å². The quantitative estimate of drug-likeness (QED) is 0.755. The molecule has 3 unspecified atom stereocenters. The van der Waals surface area contributed by atoms with Crippen molar-refractivity contribution in [1.82, 2.24) is 5.32 Å². The lowest BCUT2D eigenvalue weighted by Gasteiger charge is -2.23. The molecule has 106 valence electrons. The molecule has 1 fully saturated rings. The van der Waals surface area contributed by atoms with Gasteiger partial charge in [0.25, 0.3) is 5.91 Å². The van der Waals surface area contributed by atoms with Gasteiger partial charge in [-0.15, -0.1) is 0 Å². The van der Waals surface area contributed by atoms with Gasteiger partial charge in [-0.3, -0.25) is 4.79 Å². The van der Waals surface area contributed by atoms with Crippen molar-refractivity contribution >= 4 is 17.6 Å². The maximum absolute atomic E-state index is 12.0. The molecule has 2 N–H and O–H groups in total. The van der Waals surface area contributed by atoms with Crippen LogP contribution >= 0.6 is 0 Å². The number of rotatable bonds is 3. The molecule has 0 radical (unpaired) electrons. The van der Waals surface area contributed by atoms with Crippen LogP contribution in [0.4, 0.5) is 0 Å². The Bertz CT molecular complexity index is 394. The first-order valence-electron chi connectivity index (χ1n) is 6.84. The number of amides is 1. The van der Waals surface area contributed by atoms with E-state index >= 15 is 0 Å². The van der Waals surface area contributed by atoms with E-state index in [0.717, 1.165) is 19.3 Å². The lowest BCUT2D eigenvalue weighted by Crippen LogP contribution is -2.44. The SMILES string of the molecule is CC1CCCCCC1NC(=O)C1CC(C(=O)O)=NO1. The van der Waals surface area contributed by atoms with Crippen LogP contribution in [-0.4, -0.2) is 34.8 Å². The lowest BCUT2D eigenvalue weighted by atomic mass is 9.96. The van der Waals surface area contributed by atoms with Gasteiger partial charge in [-0.1, -0.05) is 31.3 Å². The van der Waals surface area contributed by atoms with E-state index in [4.69, 9.17) is 9.94 Å². The van der Waals surface area contributed by atoms with Gasteiger partial charge in [0.15, 0.2) is 5.71 Å². The molecule has 1 aliphatic heterocycles. The maximum atomic E-state index is 12.0. The predicted octanol–water partition coefficient (Wildman–Crippen LogP) is 1.30. The Morgan fingerprint density at radius 3 is 2.74 bits per heavy atom. The second kappa shape index (κ2) is 6.04. The Balaban J connectivity index is 1.86. The molecule has 0 spiro atoms. The fraction of sp³-hybridized carbons (Fsp3) is 0.769. The summed E-state index contributed by atoms with van der Waals surface area (Å²) in [5, 5.41) is 15.2. The van der Waals surface area contributed by atoms with Crippen LogP contribution in [-0.2, 0) is 14.4 Å². The normalized spacial score (nSPS) is 31.0. The summed E-state index contributed by atoms with van der Waals surface area (Å²) < 4.78 is 0. The Hall–Kier alpha value is -1.59. The number of carboxylic acid groups (broad SMARTS) is 1. The van der Waals surface area contributed by atoms with Crippen LogP contribution in [0.2, 0.25) is 0 Å². The summed E-state index contributed by atoms with van der Waals surface area (Å²) in [6.45, 7) is 2.14. The molecule has 2 aliphatic rings. The standard InChI is InChI=1S/C13H20N2O4/c1-8-5-3-2-4-6-9(8)14-12(16)11-7-10(13(17)18)15-19-11/h8-9,11H,2-7H2,1H3,(H,14,16)(H,17,18). The first-order chi connectivity index (χ1) is 9.08. The number of carbonyl (C=O) groups is 2. The zero-order valence-electron chi connectivity index (χ0n) is 11.1. The van der Waals surface area contributed by atoms with Gasteiger partial charge in [0.05, 0.1) is 0 Å². The number of carboxylic acids is 1. The smallest absolute Gasteiger partial charge is 0.353 e. The van der Waals surface area contributed by atoms with E-state index in [9.17, 15) is 9.59 Å². The fourth-order valence-corrected chi connectivity index (χ4v) is 2.63. The summed E-state index contributed by atoms with van der Waals surface area (Å²) in [5.41, 5.74) is -0.0888. The van der Waals surface area contributed by atoms with Gasteiger partial charge in [-0.05, 0) is 18.8 Å². The maximum Gasteiger partial charge on any atom is 0.353 e. The first-order valence-corrected chi connectivity index (χ1v) is 6.84. The summed E-state index contributed by atoms with van der Waals surface area (Å²) in [6.07, 6.45) is 4.89. The van der Waals surface area contributed by atoms with E-state index in [1.807, 2.05) is 0 Å². The highest BCUT2D eigenvalue weighted by Crippen LogP contribution is 2.23. The van der Waals surface area contributed by atoms with E-state index in [1.54, 1.807) is 0 Å². The van der Waals surface area contributed by atoms with Gasteiger partial charge >= 0.3 is 5.97 Å². The minimum atomic E-state index is -1.13. The number of nitrogens with one attached hydrogen (secondary N) is 1. The molecule has 0 bridgehead atoms. The van der Waals surface area contributed by atoms with Gasteiger partial charge < -0.3 is 15.3 Å². The Morgan fingerprint density at radius 1 is 1.32 bits per heavy atom. The second-order valence-corrected chi connectivity index (χ2v) is 5.37. The van der Waals surface area contributed by atoms with Gasteiger partial charge in [0.1, 0.15) is 0 Å². The average molecular weight is 268 g/mol. The third-order valence-corrected chi connectivity index (χ3v) is 3.90. The molecule has 0 saturated heterocycles. The van der Waals surface area contributed by atoms with Crippen LogP contribution in [0.15, 0.2) is 5.16 Å². The highest BCUT2D eigenvalue weighted by atomic mass is 16.6. The van der Waals surface area contributed by atoms with Crippen LogP contribution in [0.3, 0.4) is 0 Å². The number of nitrogens with zero attached hydrogens (tertiary/aromatic N) is 1. The molecule has 2 rings (SSSR count). The third kappa shape index (κ3) is 3.45. The predicted molar refractivity (Wildman–Crippen MR) is 68.7 cm³/mol. The van der Waals surface area contributed by atoms with Crippen molar-refractivity contribution < 1.29 is 19.5 Å². The number of aliphatic carboxylic acids is 1. The van der Waals surface area contributed by atoms with E-state index < -0.39 is 12.1 Å². The largest absolute Gasteiger partial charge is 0.477 e. The van der Waals surface area contributed by atoms with Crippen molar-refractivity contribution in [3.8, 4) is 0 Å². The molecule has 1 aliphatic carbocycles. The van der Waals surface area contributed by atoms with Crippen molar-refractivity contribution in [2.75, 3.05) is 0 Å². The molecule has 3 atom stereocenters. The minimum Gasteiger partial charge on any atom is -0.477 e. The second-order valence-electron chi connectivity index (χ2n) is 5.37. The molecule has 1 amide bonds. The zero-order valence-corrected chi connectivity index (χ0v) is 11.1. The number of oxime groups is 1. The fourth-order valence-electron chi connectivity index (χ4n) is 2.63. The van der Waals surface area contributed by atoms with Gasteiger partial charge in [0.2, 0.25) is 6.10 Å². The van der Waals surface area contributed by atoms with Crippen LogP contribution in [0.5, 0.6) is 0 Å². The monoisotopic (exact) mass is 268 g/mol.